The maximum Gasteiger partial charge on any atom is 0.269 e. The summed E-state index contributed by atoms with van der Waals surface area (Å²) in [5.74, 6) is 0. The average Bonchev–Trinajstić information content (AvgIpc) is 2.42. The quantitative estimate of drug-likeness (QED) is 0.642. The Labute approximate surface area is 116 Å². The Morgan fingerprint density at radius 3 is 2.74 bits per heavy atom. The van der Waals surface area contributed by atoms with E-state index in [-0.39, 0.29) is 18.3 Å². The lowest BCUT2D eigenvalue weighted by Crippen LogP contribution is -2.46. The van der Waals surface area contributed by atoms with Gasteiger partial charge in [-0.25, -0.2) is 0 Å². The summed E-state index contributed by atoms with van der Waals surface area (Å²) in [6, 6.07) is 4.04. The van der Waals surface area contributed by atoms with E-state index >= 15 is 0 Å². The smallest absolute Gasteiger partial charge is 0.269 e. The Morgan fingerprint density at radius 2 is 2.16 bits per heavy atom. The van der Waals surface area contributed by atoms with Gasteiger partial charge in [0.05, 0.1) is 17.6 Å². The lowest BCUT2D eigenvalue weighted by atomic mass is 10.0. The first kappa shape index (κ1) is 14.2. The average molecular weight is 286 g/mol. The number of rotatable bonds is 4. The van der Waals surface area contributed by atoms with Gasteiger partial charge in [-0.15, -0.1) is 0 Å². The number of nitro benzene ring substituents is 1. The van der Waals surface area contributed by atoms with Crippen LogP contribution in [0.2, 0.25) is 5.02 Å². The minimum Gasteiger partial charge on any atom is -0.394 e. The molecule has 1 atom stereocenters. The molecule has 104 valence electrons. The summed E-state index contributed by atoms with van der Waals surface area (Å²) in [5, 5.41) is 24.1. The SMILES string of the molecule is O=[N+]([O-])c1ccc(Cl)c([C@H](CO)N2CCNCC2)c1. The van der Waals surface area contributed by atoms with Gasteiger partial charge < -0.3 is 10.4 Å². The molecular formula is C12H16ClN3O3. The van der Waals surface area contributed by atoms with Gasteiger partial charge in [0, 0.05) is 43.3 Å². The third kappa shape index (κ3) is 3.22. The summed E-state index contributed by atoms with van der Waals surface area (Å²) in [7, 11) is 0. The van der Waals surface area contributed by atoms with Gasteiger partial charge in [0.2, 0.25) is 0 Å². The second-order valence-corrected chi connectivity index (χ2v) is 4.85. The van der Waals surface area contributed by atoms with Crippen LogP contribution < -0.4 is 5.32 Å². The van der Waals surface area contributed by atoms with E-state index in [2.05, 4.69) is 10.2 Å². The molecule has 7 heteroatoms. The topological polar surface area (TPSA) is 78.6 Å². The van der Waals surface area contributed by atoms with Gasteiger partial charge in [0.25, 0.3) is 5.69 Å². The second-order valence-electron chi connectivity index (χ2n) is 4.45. The monoisotopic (exact) mass is 285 g/mol. The molecule has 0 amide bonds. The number of nitro groups is 1. The molecule has 1 fully saturated rings. The lowest BCUT2D eigenvalue weighted by molar-refractivity contribution is -0.385. The molecule has 0 unspecified atom stereocenters. The number of nitrogens with one attached hydrogen (secondary N) is 1. The van der Waals surface area contributed by atoms with Gasteiger partial charge in [-0.2, -0.15) is 0 Å². The van der Waals surface area contributed by atoms with Crippen LogP contribution in [0, 0.1) is 10.1 Å². The van der Waals surface area contributed by atoms with E-state index in [1.54, 1.807) is 0 Å². The summed E-state index contributed by atoms with van der Waals surface area (Å²) in [5.41, 5.74) is 0.605. The number of benzene rings is 1. The molecule has 0 bridgehead atoms. The Hall–Kier alpha value is -1.21. The molecule has 1 saturated heterocycles. The molecule has 2 rings (SSSR count). The lowest BCUT2D eigenvalue weighted by Gasteiger charge is -2.34. The van der Waals surface area contributed by atoms with Gasteiger partial charge >= 0.3 is 0 Å². The van der Waals surface area contributed by atoms with E-state index in [0.717, 1.165) is 26.2 Å². The largest absolute Gasteiger partial charge is 0.394 e. The van der Waals surface area contributed by atoms with Gasteiger partial charge in [0.1, 0.15) is 0 Å². The standard InChI is InChI=1S/C12H16ClN3O3/c13-11-2-1-9(16(18)19)7-10(11)12(8-17)15-5-3-14-4-6-15/h1-2,7,12,14,17H,3-6,8H2/t12-/m0/s1. The van der Waals surface area contributed by atoms with Crippen molar-refractivity contribution in [2.24, 2.45) is 0 Å². The molecule has 19 heavy (non-hydrogen) atoms. The second kappa shape index (κ2) is 6.29. The summed E-state index contributed by atoms with van der Waals surface area (Å²) in [6.07, 6.45) is 0. The van der Waals surface area contributed by atoms with E-state index in [0.29, 0.717) is 10.6 Å². The number of halogens is 1. The molecule has 0 aromatic heterocycles. The maximum atomic E-state index is 10.8. The zero-order valence-electron chi connectivity index (χ0n) is 10.4. The van der Waals surface area contributed by atoms with E-state index < -0.39 is 4.92 Å². The zero-order valence-corrected chi connectivity index (χ0v) is 11.1. The van der Waals surface area contributed by atoms with Crippen molar-refractivity contribution in [2.45, 2.75) is 6.04 Å². The zero-order chi connectivity index (χ0) is 13.8. The highest BCUT2D eigenvalue weighted by Crippen LogP contribution is 2.30. The van der Waals surface area contributed by atoms with Crippen molar-refractivity contribution in [3.63, 3.8) is 0 Å². The number of non-ortho nitro benzene ring substituents is 1. The molecule has 2 N–H and O–H groups in total. The van der Waals surface area contributed by atoms with Crippen molar-refractivity contribution in [1.82, 2.24) is 10.2 Å². The predicted molar refractivity (Wildman–Crippen MR) is 72.4 cm³/mol. The third-order valence-electron chi connectivity index (χ3n) is 3.31. The van der Waals surface area contributed by atoms with Crippen LogP contribution in [0.3, 0.4) is 0 Å². The third-order valence-corrected chi connectivity index (χ3v) is 3.66. The molecule has 0 spiro atoms. The number of aliphatic hydroxyl groups is 1. The maximum absolute atomic E-state index is 10.8. The van der Waals surface area contributed by atoms with Crippen LogP contribution in [0.4, 0.5) is 5.69 Å². The number of hydrogen-bond donors (Lipinski definition) is 2. The van der Waals surface area contributed by atoms with Gasteiger partial charge in [-0.3, -0.25) is 15.0 Å². The summed E-state index contributed by atoms with van der Waals surface area (Å²) < 4.78 is 0. The minimum atomic E-state index is -0.452. The van der Waals surface area contributed by atoms with Crippen LogP contribution in [-0.4, -0.2) is 47.7 Å². The highest BCUT2D eigenvalue weighted by molar-refractivity contribution is 6.31. The van der Waals surface area contributed by atoms with Crippen LogP contribution in [0.1, 0.15) is 11.6 Å². The fraction of sp³-hybridized carbons (Fsp3) is 0.500. The molecule has 0 aliphatic carbocycles. The Kier molecular flexibility index (Phi) is 4.71. The highest BCUT2D eigenvalue weighted by Gasteiger charge is 2.25. The molecule has 1 heterocycles. The predicted octanol–water partition coefficient (Wildman–Crippen LogP) is 1.19. The van der Waals surface area contributed by atoms with E-state index in [1.165, 1.54) is 18.2 Å². The van der Waals surface area contributed by atoms with Crippen molar-refractivity contribution in [3.8, 4) is 0 Å². The number of piperazine rings is 1. The molecule has 1 aliphatic heterocycles. The summed E-state index contributed by atoms with van der Waals surface area (Å²) in [6.45, 7) is 3.13. The number of hydrogen-bond acceptors (Lipinski definition) is 5. The number of aliphatic hydroxyl groups excluding tert-OH is 1. The van der Waals surface area contributed by atoms with Gasteiger partial charge in [-0.05, 0) is 11.6 Å². The normalized spacial score (nSPS) is 18.2. The van der Waals surface area contributed by atoms with E-state index in [9.17, 15) is 15.2 Å². The number of nitrogens with zero attached hydrogens (tertiary/aromatic N) is 2. The van der Waals surface area contributed by atoms with Crippen molar-refractivity contribution in [3.05, 3.63) is 38.9 Å². The minimum absolute atomic E-state index is 0.00650. The molecular weight excluding hydrogens is 270 g/mol. The molecule has 1 aromatic carbocycles. The first-order valence-electron chi connectivity index (χ1n) is 6.13. The van der Waals surface area contributed by atoms with Crippen LogP contribution in [0.15, 0.2) is 18.2 Å². The van der Waals surface area contributed by atoms with Crippen LogP contribution in [-0.2, 0) is 0 Å². The van der Waals surface area contributed by atoms with E-state index in [4.69, 9.17) is 11.6 Å². The fourth-order valence-corrected chi connectivity index (χ4v) is 2.55. The van der Waals surface area contributed by atoms with Crippen molar-refractivity contribution < 1.29 is 10.0 Å². The van der Waals surface area contributed by atoms with E-state index in [1.807, 2.05) is 0 Å². The van der Waals surface area contributed by atoms with Crippen LogP contribution in [0.25, 0.3) is 0 Å². The molecule has 1 aliphatic rings. The van der Waals surface area contributed by atoms with Gasteiger partial charge in [0.15, 0.2) is 0 Å². The van der Waals surface area contributed by atoms with Crippen LogP contribution in [0.5, 0.6) is 0 Å². The highest BCUT2D eigenvalue weighted by atomic mass is 35.5. The molecule has 6 nitrogen and oxygen atoms in total. The Bertz CT molecular complexity index is 464. The summed E-state index contributed by atoms with van der Waals surface area (Å²) >= 11 is 6.12. The van der Waals surface area contributed by atoms with Crippen molar-refractivity contribution in [2.75, 3.05) is 32.8 Å². The summed E-state index contributed by atoms with van der Waals surface area (Å²) in [4.78, 5) is 12.5. The van der Waals surface area contributed by atoms with Crippen molar-refractivity contribution >= 4 is 17.3 Å². The molecule has 0 saturated carbocycles. The first-order valence-corrected chi connectivity index (χ1v) is 6.50. The first-order chi connectivity index (χ1) is 9.13. The molecule has 0 radical (unpaired) electrons. The van der Waals surface area contributed by atoms with Crippen LogP contribution >= 0.6 is 11.6 Å². The Morgan fingerprint density at radius 1 is 1.47 bits per heavy atom. The Balaban J connectivity index is 2.30. The fourth-order valence-electron chi connectivity index (χ4n) is 2.30. The van der Waals surface area contributed by atoms with Gasteiger partial charge in [-0.1, -0.05) is 11.6 Å². The van der Waals surface area contributed by atoms with Crippen molar-refractivity contribution in [1.29, 1.82) is 0 Å². The molecule has 1 aromatic rings.